The van der Waals surface area contributed by atoms with Gasteiger partial charge in [-0.1, -0.05) is 36.9 Å². The van der Waals surface area contributed by atoms with Gasteiger partial charge in [0.05, 0.1) is 12.7 Å². The summed E-state index contributed by atoms with van der Waals surface area (Å²) in [5.74, 6) is -0.313. The molecule has 2 nitrogen and oxygen atoms in total. The van der Waals surface area contributed by atoms with Gasteiger partial charge in [0.1, 0.15) is 0 Å². The summed E-state index contributed by atoms with van der Waals surface area (Å²) < 4.78 is 4.75. The minimum absolute atomic E-state index is 0.313. The Kier molecular flexibility index (Phi) is 2.73. The lowest BCUT2D eigenvalue weighted by Gasteiger charge is -2.05. The molecule has 0 fully saturated rings. The Bertz CT molecular complexity index is 556. The van der Waals surface area contributed by atoms with Crippen LogP contribution in [0.15, 0.2) is 43.0 Å². The summed E-state index contributed by atoms with van der Waals surface area (Å²) >= 11 is 0. The molecule has 0 N–H and O–H groups in total. The van der Waals surface area contributed by atoms with Crippen LogP contribution >= 0.6 is 0 Å². The molecule has 0 saturated heterocycles. The van der Waals surface area contributed by atoms with E-state index in [4.69, 9.17) is 4.74 Å². The van der Waals surface area contributed by atoms with Gasteiger partial charge >= 0.3 is 5.97 Å². The molecule has 0 saturated carbocycles. The normalized spacial score (nSPS) is 10.1. The molecular formula is C14H12O2. The molecule has 0 aromatic heterocycles. The van der Waals surface area contributed by atoms with Gasteiger partial charge in [-0.3, -0.25) is 0 Å². The number of ether oxygens (including phenoxy) is 1. The lowest BCUT2D eigenvalue weighted by atomic mass is 10.0. The van der Waals surface area contributed by atoms with Crippen LogP contribution in [0, 0.1) is 0 Å². The number of rotatable bonds is 2. The van der Waals surface area contributed by atoms with Crippen molar-refractivity contribution in [1.29, 1.82) is 0 Å². The van der Waals surface area contributed by atoms with Crippen molar-refractivity contribution in [3.8, 4) is 0 Å². The molecule has 0 aliphatic carbocycles. The molecule has 0 bridgehead atoms. The summed E-state index contributed by atoms with van der Waals surface area (Å²) in [6.07, 6.45) is 1.76. The van der Waals surface area contributed by atoms with E-state index in [9.17, 15) is 4.79 Å². The van der Waals surface area contributed by atoms with E-state index in [1.54, 1.807) is 12.1 Å². The molecule has 0 aliphatic heterocycles. The summed E-state index contributed by atoms with van der Waals surface area (Å²) in [7, 11) is 1.39. The van der Waals surface area contributed by atoms with Crippen molar-refractivity contribution in [2.24, 2.45) is 0 Å². The van der Waals surface area contributed by atoms with Gasteiger partial charge in [0, 0.05) is 0 Å². The van der Waals surface area contributed by atoms with Gasteiger partial charge < -0.3 is 4.74 Å². The van der Waals surface area contributed by atoms with E-state index < -0.39 is 0 Å². The number of benzene rings is 2. The van der Waals surface area contributed by atoms with Crippen molar-refractivity contribution in [2.45, 2.75) is 0 Å². The van der Waals surface area contributed by atoms with E-state index in [1.165, 1.54) is 7.11 Å². The van der Waals surface area contributed by atoms with E-state index in [0.717, 1.165) is 16.3 Å². The van der Waals surface area contributed by atoms with Crippen LogP contribution in [0.2, 0.25) is 0 Å². The third-order valence-electron chi connectivity index (χ3n) is 2.55. The Morgan fingerprint density at radius 3 is 2.81 bits per heavy atom. The molecule has 0 heterocycles. The minimum Gasteiger partial charge on any atom is -0.465 e. The fourth-order valence-electron chi connectivity index (χ4n) is 1.71. The molecule has 0 spiro atoms. The van der Waals surface area contributed by atoms with Crippen molar-refractivity contribution >= 4 is 22.8 Å². The zero-order valence-corrected chi connectivity index (χ0v) is 9.07. The van der Waals surface area contributed by atoms with Crippen LogP contribution in [0.3, 0.4) is 0 Å². The smallest absolute Gasteiger partial charge is 0.338 e. The lowest BCUT2D eigenvalue weighted by molar-refractivity contribution is 0.0603. The number of esters is 1. The van der Waals surface area contributed by atoms with Crippen LogP contribution in [0.5, 0.6) is 0 Å². The maximum atomic E-state index is 11.6. The highest BCUT2D eigenvalue weighted by Crippen LogP contribution is 2.21. The average molecular weight is 212 g/mol. The third kappa shape index (κ3) is 1.70. The lowest BCUT2D eigenvalue weighted by Crippen LogP contribution is -2.01. The molecule has 0 radical (unpaired) electrons. The fraction of sp³-hybridized carbons (Fsp3) is 0.0714. The second kappa shape index (κ2) is 4.19. The van der Waals surface area contributed by atoms with Crippen LogP contribution in [0.1, 0.15) is 15.9 Å². The zero-order valence-electron chi connectivity index (χ0n) is 9.07. The van der Waals surface area contributed by atoms with Crippen molar-refractivity contribution in [3.63, 3.8) is 0 Å². The summed E-state index contributed by atoms with van der Waals surface area (Å²) in [5.41, 5.74) is 1.58. The Morgan fingerprint density at radius 2 is 2.12 bits per heavy atom. The Balaban J connectivity index is 2.73. The monoisotopic (exact) mass is 212 g/mol. The number of carbonyl (C=O) groups excluding carboxylic acids is 1. The van der Waals surface area contributed by atoms with Crippen LogP contribution in [-0.2, 0) is 4.74 Å². The highest BCUT2D eigenvalue weighted by molar-refractivity contribution is 6.04. The van der Waals surface area contributed by atoms with Crippen molar-refractivity contribution in [3.05, 3.63) is 54.1 Å². The topological polar surface area (TPSA) is 26.3 Å². The molecule has 0 atom stereocenters. The largest absolute Gasteiger partial charge is 0.465 e. The molecule has 0 amide bonds. The number of methoxy groups -OCH3 is 1. The van der Waals surface area contributed by atoms with Gasteiger partial charge in [0.15, 0.2) is 0 Å². The first-order valence-electron chi connectivity index (χ1n) is 5.00. The van der Waals surface area contributed by atoms with Crippen molar-refractivity contribution in [1.82, 2.24) is 0 Å². The molecule has 16 heavy (non-hydrogen) atoms. The molecule has 2 heteroatoms. The second-order valence-corrected chi connectivity index (χ2v) is 3.48. The van der Waals surface area contributed by atoms with Crippen molar-refractivity contribution in [2.75, 3.05) is 7.11 Å². The van der Waals surface area contributed by atoms with E-state index >= 15 is 0 Å². The van der Waals surface area contributed by atoms with Gasteiger partial charge in [-0.15, -0.1) is 0 Å². The maximum absolute atomic E-state index is 11.6. The molecule has 0 unspecified atom stereocenters. The Labute approximate surface area is 94.2 Å². The first-order chi connectivity index (χ1) is 7.76. The highest BCUT2D eigenvalue weighted by Gasteiger charge is 2.09. The molecular weight excluding hydrogens is 200 g/mol. The van der Waals surface area contributed by atoms with Crippen molar-refractivity contribution < 1.29 is 9.53 Å². The van der Waals surface area contributed by atoms with Crippen LogP contribution in [0.4, 0.5) is 0 Å². The van der Waals surface area contributed by atoms with E-state index in [2.05, 4.69) is 6.58 Å². The number of hydrogen-bond donors (Lipinski definition) is 0. The molecule has 2 aromatic rings. The highest BCUT2D eigenvalue weighted by atomic mass is 16.5. The van der Waals surface area contributed by atoms with Crippen LogP contribution in [-0.4, -0.2) is 13.1 Å². The molecule has 2 aromatic carbocycles. The summed E-state index contributed by atoms with van der Waals surface area (Å²) in [6.45, 7) is 3.72. The maximum Gasteiger partial charge on any atom is 0.338 e. The Hall–Kier alpha value is -2.09. The SMILES string of the molecule is C=Cc1ccc2cccc(C(=O)OC)c2c1. The average Bonchev–Trinajstić information content (AvgIpc) is 2.36. The summed E-state index contributed by atoms with van der Waals surface area (Å²) in [5, 5.41) is 1.92. The summed E-state index contributed by atoms with van der Waals surface area (Å²) in [6, 6.07) is 11.5. The number of carbonyl (C=O) groups is 1. The summed E-state index contributed by atoms with van der Waals surface area (Å²) in [4.78, 5) is 11.6. The zero-order chi connectivity index (χ0) is 11.5. The standard InChI is InChI=1S/C14H12O2/c1-3-10-7-8-11-5-4-6-12(13(11)9-10)14(15)16-2/h3-9H,1H2,2H3. The fourth-order valence-corrected chi connectivity index (χ4v) is 1.71. The third-order valence-corrected chi connectivity index (χ3v) is 2.55. The number of hydrogen-bond acceptors (Lipinski definition) is 2. The van der Waals surface area contributed by atoms with E-state index in [0.29, 0.717) is 5.56 Å². The molecule has 0 aliphatic rings. The molecule has 80 valence electrons. The van der Waals surface area contributed by atoms with Gasteiger partial charge in [-0.05, 0) is 28.5 Å². The van der Waals surface area contributed by atoms with Crippen LogP contribution in [0.25, 0.3) is 16.8 Å². The van der Waals surface area contributed by atoms with Crippen LogP contribution < -0.4 is 0 Å². The minimum atomic E-state index is -0.313. The van der Waals surface area contributed by atoms with Gasteiger partial charge in [-0.25, -0.2) is 4.79 Å². The second-order valence-electron chi connectivity index (χ2n) is 3.48. The Morgan fingerprint density at radius 1 is 1.31 bits per heavy atom. The first-order valence-corrected chi connectivity index (χ1v) is 5.00. The van der Waals surface area contributed by atoms with E-state index in [1.807, 2.05) is 30.3 Å². The predicted octanol–water partition coefficient (Wildman–Crippen LogP) is 3.27. The first kappa shape index (κ1) is 10.4. The van der Waals surface area contributed by atoms with Gasteiger partial charge in [-0.2, -0.15) is 0 Å². The predicted molar refractivity (Wildman–Crippen MR) is 65.4 cm³/mol. The van der Waals surface area contributed by atoms with Gasteiger partial charge in [0.2, 0.25) is 0 Å². The quantitative estimate of drug-likeness (QED) is 0.714. The van der Waals surface area contributed by atoms with E-state index in [-0.39, 0.29) is 5.97 Å². The number of fused-ring (bicyclic) bond motifs is 1. The van der Waals surface area contributed by atoms with Gasteiger partial charge in [0.25, 0.3) is 0 Å². The molecule has 2 rings (SSSR count).